The molecule has 1 aromatic heterocycles. The molecule has 1 saturated heterocycles. The lowest BCUT2D eigenvalue weighted by molar-refractivity contribution is -0.278. The van der Waals surface area contributed by atoms with E-state index in [0.717, 1.165) is 11.3 Å². The van der Waals surface area contributed by atoms with E-state index < -0.39 is 42.6 Å². The lowest BCUT2D eigenvalue weighted by Crippen LogP contribution is -2.60. The highest BCUT2D eigenvalue weighted by Crippen LogP contribution is 2.32. The van der Waals surface area contributed by atoms with Crippen molar-refractivity contribution in [2.24, 2.45) is 5.92 Å². The van der Waals surface area contributed by atoms with Crippen LogP contribution < -0.4 is 4.74 Å². The van der Waals surface area contributed by atoms with E-state index in [2.05, 4.69) is 11.1 Å². The number of aliphatic hydroxyl groups excluding tert-OH is 3. The van der Waals surface area contributed by atoms with Gasteiger partial charge in [0.15, 0.2) is 6.10 Å². The largest absolute Gasteiger partial charge is 0.492 e. The van der Waals surface area contributed by atoms with Crippen LogP contribution in [0.5, 0.6) is 5.75 Å². The first kappa shape index (κ1) is 25.5. The molecule has 11 nitrogen and oxygen atoms in total. The zero-order valence-electron chi connectivity index (χ0n) is 18.5. The molecule has 4 N–H and O–H groups in total. The summed E-state index contributed by atoms with van der Waals surface area (Å²) in [5, 5.41) is 48.7. The van der Waals surface area contributed by atoms with Crippen LogP contribution in [0.3, 0.4) is 0 Å². The molecule has 2 heterocycles. The molecule has 3 rings (SSSR count). The topological polar surface area (TPSA) is 179 Å². The molecule has 0 spiro atoms. The lowest BCUT2D eigenvalue weighted by atomic mass is 9.99. The number of aliphatic carboxylic acids is 1. The quantitative estimate of drug-likeness (QED) is 0.406. The molecule has 12 heteroatoms. The summed E-state index contributed by atoms with van der Waals surface area (Å²) in [6.07, 6.45) is -9.37. The van der Waals surface area contributed by atoms with Gasteiger partial charge in [-0.25, -0.2) is 14.6 Å². The number of nitriles is 1. The molecule has 0 radical (unpaired) electrons. The maximum Gasteiger partial charge on any atom is 0.352 e. The normalized spacial score (nSPS) is 24.5. The predicted octanol–water partition coefficient (Wildman–Crippen LogP) is 1.07. The van der Waals surface area contributed by atoms with Crippen LogP contribution in [0, 0.1) is 24.2 Å². The number of carboxylic acids is 1. The van der Waals surface area contributed by atoms with E-state index in [9.17, 15) is 30.2 Å². The maximum absolute atomic E-state index is 12.7. The van der Waals surface area contributed by atoms with Crippen LogP contribution in [0.4, 0.5) is 0 Å². The number of thiazole rings is 1. The number of carboxylic acid groups (broad SMARTS) is 1. The zero-order chi connectivity index (χ0) is 25.2. The summed E-state index contributed by atoms with van der Waals surface area (Å²) in [5.74, 6) is -1.84. The van der Waals surface area contributed by atoms with Crippen LogP contribution in [0.15, 0.2) is 18.2 Å². The molecule has 1 aromatic carbocycles. The third-order valence-corrected chi connectivity index (χ3v) is 6.12. The Kier molecular flexibility index (Phi) is 7.86. The van der Waals surface area contributed by atoms with Crippen molar-refractivity contribution in [3.8, 4) is 22.4 Å². The van der Waals surface area contributed by atoms with E-state index in [1.807, 2.05) is 13.8 Å². The highest BCUT2D eigenvalue weighted by Gasteiger charge is 2.48. The fourth-order valence-electron chi connectivity index (χ4n) is 3.15. The number of carbonyl (C=O) groups is 2. The summed E-state index contributed by atoms with van der Waals surface area (Å²) in [5.41, 5.74) is 1.17. The number of aliphatic hydroxyl groups is 3. The molecule has 1 fully saturated rings. The molecule has 0 amide bonds. The van der Waals surface area contributed by atoms with Gasteiger partial charge in [0, 0.05) is 5.56 Å². The van der Waals surface area contributed by atoms with E-state index in [1.54, 1.807) is 25.1 Å². The number of benzene rings is 1. The molecule has 1 aliphatic rings. The second-order valence-corrected chi connectivity index (χ2v) is 9.10. The third kappa shape index (κ3) is 5.35. The Bertz CT molecular complexity index is 1110. The lowest BCUT2D eigenvalue weighted by Gasteiger charge is -2.37. The van der Waals surface area contributed by atoms with Crippen LogP contribution in [0.25, 0.3) is 10.6 Å². The highest BCUT2D eigenvalue weighted by molar-refractivity contribution is 7.17. The van der Waals surface area contributed by atoms with E-state index in [-0.39, 0.29) is 10.8 Å². The van der Waals surface area contributed by atoms with Gasteiger partial charge in [-0.2, -0.15) is 5.26 Å². The number of rotatable bonds is 7. The fourth-order valence-corrected chi connectivity index (χ4v) is 4.10. The van der Waals surface area contributed by atoms with Gasteiger partial charge in [-0.15, -0.1) is 11.3 Å². The van der Waals surface area contributed by atoms with Crippen LogP contribution in [0.2, 0.25) is 0 Å². The SMILES string of the molecule is Cc1nc(-c2ccc(OCC(C)C)c(C#N)c2)sc1C(=O)O[C@H]1O[C@H](C(=O)O)[C@@H](O)[C@H](O)[C@H]1O. The molecule has 182 valence electrons. The van der Waals surface area contributed by atoms with Crippen LogP contribution in [-0.4, -0.2) is 74.7 Å². The number of esters is 1. The maximum atomic E-state index is 12.7. The Morgan fingerprint density at radius 3 is 2.56 bits per heavy atom. The summed E-state index contributed by atoms with van der Waals surface area (Å²) in [6.45, 7) is 5.98. The van der Waals surface area contributed by atoms with Gasteiger partial charge in [-0.05, 0) is 31.0 Å². The minimum atomic E-state index is -1.90. The smallest absolute Gasteiger partial charge is 0.352 e. The van der Waals surface area contributed by atoms with E-state index >= 15 is 0 Å². The summed E-state index contributed by atoms with van der Waals surface area (Å²) < 4.78 is 15.7. The van der Waals surface area contributed by atoms with Crippen LogP contribution in [-0.2, 0) is 14.3 Å². The third-order valence-electron chi connectivity index (χ3n) is 4.94. The highest BCUT2D eigenvalue weighted by atomic mass is 32.1. The van der Waals surface area contributed by atoms with Crippen molar-refractivity contribution in [1.29, 1.82) is 5.26 Å². The standard InChI is InChI=1S/C22H24N2O9S/c1-9(2)8-31-13-5-4-11(6-12(13)7-23)19-24-10(3)18(34-19)21(30)33-22-16(27)14(25)15(26)17(32-22)20(28)29/h4-6,9,14-17,22,25-27H,8H2,1-3H3,(H,28,29)/t14-,15-,16+,17-,22+/m0/s1. The van der Waals surface area contributed by atoms with E-state index in [1.165, 1.54) is 0 Å². The van der Waals surface area contributed by atoms with Gasteiger partial charge < -0.3 is 34.6 Å². The molecule has 0 saturated carbocycles. The Morgan fingerprint density at radius 2 is 1.94 bits per heavy atom. The van der Waals surface area contributed by atoms with E-state index in [4.69, 9.17) is 19.3 Å². The predicted molar refractivity (Wildman–Crippen MR) is 117 cm³/mol. The minimum absolute atomic E-state index is 0.0527. The number of hydrogen-bond donors (Lipinski definition) is 4. The van der Waals surface area contributed by atoms with Gasteiger partial charge in [0.2, 0.25) is 6.29 Å². The van der Waals surface area contributed by atoms with Crippen molar-refractivity contribution in [1.82, 2.24) is 4.98 Å². The molecule has 34 heavy (non-hydrogen) atoms. The first-order chi connectivity index (χ1) is 16.0. The molecule has 0 unspecified atom stereocenters. The van der Waals surface area contributed by atoms with Gasteiger partial charge in [0.25, 0.3) is 0 Å². The van der Waals surface area contributed by atoms with Gasteiger partial charge in [0.05, 0.1) is 17.9 Å². The van der Waals surface area contributed by atoms with Crippen molar-refractivity contribution in [3.05, 3.63) is 34.3 Å². The average molecular weight is 493 g/mol. The molecule has 2 aromatic rings. The summed E-state index contributed by atoms with van der Waals surface area (Å²) in [4.78, 5) is 28.3. The van der Waals surface area contributed by atoms with Crippen molar-refractivity contribution < 1.29 is 44.2 Å². The van der Waals surface area contributed by atoms with Crippen molar-refractivity contribution in [2.45, 2.75) is 51.5 Å². The second-order valence-electron chi connectivity index (χ2n) is 8.10. The number of carbonyl (C=O) groups excluding carboxylic acids is 1. The van der Waals surface area contributed by atoms with Gasteiger partial charge in [-0.1, -0.05) is 13.8 Å². The number of aryl methyl sites for hydroxylation is 1. The van der Waals surface area contributed by atoms with Crippen LogP contribution >= 0.6 is 11.3 Å². The minimum Gasteiger partial charge on any atom is -0.492 e. The molecular formula is C22H24N2O9S. The number of hydrogen-bond acceptors (Lipinski definition) is 11. The van der Waals surface area contributed by atoms with Crippen molar-refractivity contribution >= 4 is 23.3 Å². The van der Waals surface area contributed by atoms with Gasteiger partial charge >= 0.3 is 11.9 Å². The molecule has 0 aliphatic carbocycles. The molecule has 0 bridgehead atoms. The number of ether oxygens (including phenoxy) is 3. The molecule has 5 atom stereocenters. The van der Waals surface area contributed by atoms with Crippen LogP contribution in [0.1, 0.15) is 34.8 Å². The number of aromatic nitrogens is 1. The monoisotopic (exact) mass is 492 g/mol. The zero-order valence-corrected chi connectivity index (χ0v) is 19.4. The Hall–Kier alpha value is -3.08. The summed E-state index contributed by atoms with van der Waals surface area (Å²) in [6, 6.07) is 7.02. The Morgan fingerprint density at radius 1 is 1.24 bits per heavy atom. The first-order valence-corrected chi connectivity index (χ1v) is 11.1. The van der Waals surface area contributed by atoms with Gasteiger partial charge in [0.1, 0.15) is 40.0 Å². The fraction of sp³-hybridized carbons (Fsp3) is 0.455. The van der Waals surface area contributed by atoms with Crippen molar-refractivity contribution in [2.75, 3.05) is 6.61 Å². The Labute approximate surface area is 198 Å². The van der Waals surface area contributed by atoms with Gasteiger partial charge in [-0.3, -0.25) is 0 Å². The Balaban J connectivity index is 1.80. The first-order valence-electron chi connectivity index (χ1n) is 10.3. The number of nitrogens with zero attached hydrogens (tertiary/aromatic N) is 2. The second kappa shape index (κ2) is 10.5. The summed E-state index contributed by atoms with van der Waals surface area (Å²) >= 11 is 0.961. The molecule has 1 aliphatic heterocycles. The van der Waals surface area contributed by atoms with E-state index in [0.29, 0.717) is 34.2 Å². The average Bonchev–Trinajstić information content (AvgIpc) is 3.19. The van der Waals surface area contributed by atoms with Crippen molar-refractivity contribution in [3.63, 3.8) is 0 Å². The molecular weight excluding hydrogens is 468 g/mol. The summed E-state index contributed by atoms with van der Waals surface area (Å²) in [7, 11) is 0.